The van der Waals surface area contributed by atoms with Crippen LogP contribution in [0.3, 0.4) is 0 Å². The van der Waals surface area contributed by atoms with E-state index >= 15 is 0 Å². The SMILES string of the molecule is Nc1cccc2c1CCCC2C(=O)O. The van der Waals surface area contributed by atoms with Crippen molar-refractivity contribution >= 4 is 11.7 Å². The molecule has 1 aliphatic carbocycles. The van der Waals surface area contributed by atoms with E-state index in [-0.39, 0.29) is 5.92 Å². The molecule has 74 valence electrons. The van der Waals surface area contributed by atoms with Crippen LogP contribution in [0.1, 0.15) is 29.9 Å². The average molecular weight is 191 g/mol. The van der Waals surface area contributed by atoms with Gasteiger partial charge in [-0.3, -0.25) is 4.79 Å². The monoisotopic (exact) mass is 191 g/mol. The molecule has 0 amide bonds. The van der Waals surface area contributed by atoms with Crippen molar-refractivity contribution in [3.05, 3.63) is 29.3 Å². The summed E-state index contributed by atoms with van der Waals surface area (Å²) in [6, 6.07) is 5.54. The quantitative estimate of drug-likeness (QED) is 0.665. The van der Waals surface area contributed by atoms with Crippen LogP contribution < -0.4 is 5.73 Å². The second-order valence-electron chi connectivity index (χ2n) is 3.70. The number of fused-ring (bicyclic) bond motifs is 1. The highest BCUT2D eigenvalue weighted by Crippen LogP contribution is 2.34. The number of nitrogen functional groups attached to an aromatic ring is 1. The van der Waals surface area contributed by atoms with Crippen LogP contribution in [-0.2, 0) is 11.2 Å². The molecule has 2 rings (SSSR count). The zero-order valence-electron chi connectivity index (χ0n) is 7.86. The molecule has 0 aromatic heterocycles. The third-order valence-electron chi connectivity index (χ3n) is 2.84. The Morgan fingerprint density at radius 1 is 1.50 bits per heavy atom. The first kappa shape index (κ1) is 9.06. The predicted octanol–water partition coefficient (Wildman–Crippen LogP) is 1.77. The normalized spacial score (nSPS) is 20.1. The van der Waals surface area contributed by atoms with Gasteiger partial charge in [-0.15, -0.1) is 0 Å². The zero-order chi connectivity index (χ0) is 10.1. The second-order valence-corrected chi connectivity index (χ2v) is 3.70. The molecular formula is C11H13NO2. The molecule has 3 nitrogen and oxygen atoms in total. The summed E-state index contributed by atoms with van der Waals surface area (Å²) < 4.78 is 0. The van der Waals surface area contributed by atoms with Gasteiger partial charge < -0.3 is 10.8 Å². The summed E-state index contributed by atoms with van der Waals surface area (Å²) in [5.74, 6) is -1.10. The Labute approximate surface area is 82.5 Å². The Balaban J connectivity index is 2.49. The first-order chi connectivity index (χ1) is 6.70. The first-order valence-corrected chi connectivity index (χ1v) is 4.80. The van der Waals surface area contributed by atoms with Gasteiger partial charge in [0, 0.05) is 5.69 Å². The van der Waals surface area contributed by atoms with E-state index in [0.717, 1.165) is 36.1 Å². The summed E-state index contributed by atoms with van der Waals surface area (Å²) in [5.41, 5.74) is 8.48. The molecule has 0 aliphatic heterocycles. The molecule has 0 spiro atoms. The van der Waals surface area contributed by atoms with Crippen molar-refractivity contribution in [2.75, 3.05) is 5.73 Å². The van der Waals surface area contributed by atoms with E-state index in [9.17, 15) is 4.79 Å². The van der Waals surface area contributed by atoms with Gasteiger partial charge in [-0.25, -0.2) is 0 Å². The van der Waals surface area contributed by atoms with Crippen LogP contribution >= 0.6 is 0 Å². The fraction of sp³-hybridized carbons (Fsp3) is 0.364. The van der Waals surface area contributed by atoms with Gasteiger partial charge in [-0.2, -0.15) is 0 Å². The summed E-state index contributed by atoms with van der Waals surface area (Å²) >= 11 is 0. The van der Waals surface area contributed by atoms with Crippen molar-refractivity contribution in [1.82, 2.24) is 0 Å². The van der Waals surface area contributed by atoms with Gasteiger partial charge in [0.25, 0.3) is 0 Å². The smallest absolute Gasteiger partial charge is 0.310 e. The number of rotatable bonds is 1. The molecule has 0 radical (unpaired) electrons. The molecule has 3 N–H and O–H groups in total. The lowest BCUT2D eigenvalue weighted by atomic mass is 9.82. The second kappa shape index (κ2) is 3.33. The molecule has 0 fully saturated rings. The van der Waals surface area contributed by atoms with E-state index < -0.39 is 5.97 Å². The Bertz CT molecular complexity index is 374. The highest BCUT2D eigenvalue weighted by atomic mass is 16.4. The maximum absolute atomic E-state index is 11.0. The summed E-state index contributed by atoms with van der Waals surface area (Å²) in [7, 11) is 0. The largest absolute Gasteiger partial charge is 0.481 e. The van der Waals surface area contributed by atoms with Crippen molar-refractivity contribution in [2.24, 2.45) is 0 Å². The summed E-state index contributed by atoms with van der Waals surface area (Å²) in [5, 5.41) is 9.04. The van der Waals surface area contributed by atoms with Crippen LogP contribution in [-0.4, -0.2) is 11.1 Å². The number of carboxylic acids is 1. The molecule has 0 heterocycles. The molecule has 3 heteroatoms. The number of hydrogen-bond donors (Lipinski definition) is 2. The molecule has 1 aromatic carbocycles. The lowest BCUT2D eigenvalue weighted by molar-refractivity contribution is -0.139. The fourth-order valence-corrected chi connectivity index (χ4v) is 2.13. The molecular weight excluding hydrogens is 178 g/mol. The lowest BCUT2D eigenvalue weighted by Crippen LogP contribution is -2.18. The van der Waals surface area contributed by atoms with Crippen LogP contribution in [0.15, 0.2) is 18.2 Å². The minimum absolute atomic E-state index is 0.359. The molecule has 1 atom stereocenters. The number of aliphatic carboxylic acids is 1. The van der Waals surface area contributed by atoms with E-state index in [1.54, 1.807) is 0 Å². The molecule has 0 bridgehead atoms. The Morgan fingerprint density at radius 2 is 2.29 bits per heavy atom. The minimum Gasteiger partial charge on any atom is -0.481 e. The summed E-state index contributed by atoms with van der Waals surface area (Å²) in [6.07, 6.45) is 2.55. The molecule has 1 aliphatic rings. The van der Waals surface area contributed by atoms with Crippen molar-refractivity contribution in [1.29, 1.82) is 0 Å². The topological polar surface area (TPSA) is 63.3 Å². The molecule has 1 unspecified atom stereocenters. The summed E-state index contributed by atoms with van der Waals surface area (Å²) in [6.45, 7) is 0. The molecule has 0 saturated heterocycles. The van der Waals surface area contributed by atoms with Gasteiger partial charge in [0.15, 0.2) is 0 Å². The number of carbonyl (C=O) groups is 1. The maximum Gasteiger partial charge on any atom is 0.310 e. The van der Waals surface area contributed by atoms with E-state index in [1.807, 2.05) is 18.2 Å². The van der Waals surface area contributed by atoms with Crippen LogP contribution in [0.4, 0.5) is 5.69 Å². The van der Waals surface area contributed by atoms with Gasteiger partial charge in [-0.1, -0.05) is 12.1 Å². The van der Waals surface area contributed by atoms with E-state index in [4.69, 9.17) is 10.8 Å². The highest BCUT2D eigenvalue weighted by molar-refractivity contribution is 5.78. The Hall–Kier alpha value is -1.51. The van der Waals surface area contributed by atoms with Crippen LogP contribution in [0.5, 0.6) is 0 Å². The minimum atomic E-state index is -0.739. The predicted molar refractivity (Wildman–Crippen MR) is 54.2 cm³/mol. The lowest BCUT2D eigenvalue weighted by Gasteiger charge is -2.23. The number of benzene rings is 1. The fourth-order valence-electron chi connectivity index (χ4n) is 2.13. The van der Waals surface area contributed by atoms with Crippen molar-refractivity contribution in [3.8, 4) is 0 Å². The average Bonchev–Trinajstić information content (AvgIpc) is 2.17. The van der Waals surface area contributed by atoms with E-state index in [0.29, 0.717) is 0 Å². The summed E-state index contributed by atoms with van der Waals surface area (Å²) in [4.78, 5) is 11.0. The van der Waals surface area contributed by atoms with Crippen LogP contribution in [0.2, 0.25) is 0 Å². The van der Waals surface area contributed by atoms with E-state index in [1.165, 1.54) is 0 Å². The zero-order valence-corrected chi connectivity index (χ0v) is 7.86. The molecule has 14 heavy (non-hydrogen) atoms. The standard InChI is InChI=1S/C11H13NO2/c12-10-6-2-3-7-8(10)4-1-5-9(7)11(13)14/h2-3,6,9H,1,4-5,12H2,(H,13,14). The van der Waals surface area contributed by atoms with Gasteiger partial charge in [0.05, 0.1) is 5.92 Å². The van der Waals surface area contributed by atoms with Crippen molar-refractivity contribution in [2.45, 2.75) is 25.2 Å². The first-order valence-electron chi connectivity index (χ1n) is 4.80. The van der Waals surface area contributed by atoms with Crippen molar-refractivity contribution in [3.63, 3.8) is 0 Å². The van der Waals surface area contributed by atoms with Gasteiger partial charge in [0.2, 0.25) is 0 Å². The third-order valence-corrected chi connectivity index (χ3v) is 2.84. The Morgan fingerprint density at radius 3 is 3.00 bits per heavy atom. The van der Waals surface area contributed by atoms with Crippen LogP contribution in [0.25, 0.3) is 0 Å². The Kier molecular flexibility index (Phi) is 2.15. The van der Waals surface area contributed by atoms with Crippen LogP contribution in [0, 0.1) is 0 Å². The molecule has 1 aromatic rings. The number of hydrogen-bond acceptors (Lipinski definition) is 2. The van der Waals surface area contributed by atoms with Crippen molar-refractivity contribution < 1.29 is 9.90 Å². The third kappa shape index (κ3) is 1.35. The number of nitrogens with two attached hydrogens (primary N) is 1. The number of anilines is 1. The van der Waals surface area contributed by atoms with Gasteiger partial charge in [0.1, 0.15) is 0 Å². The maximum atomic E-state index is 11.0. The molecule has 0 saturated carbocycles. The number of carboxylic acid groups (broad SMARTS) is 1. The van der Waals surface area contributed by atoms with E-state index in [2.05, 4.69) is 0 Å². The van der Waals surface area contributed by atoms with Gasteiger partial charge >= 0.3 is 5.97 Å². The highest BCUT2D eigenvalue weighted by Gasteiger charge is 2.26. The van der Waals surface area contributed by atoms with Gasteiger partial charge in [-0.05, 0) is 36.5 Å².